The Balaban J connectivity index is 1.91. The van der Waals surface area contributed by atoms with Gasteiger partial charge in [-0.2, -0.15) is 0 Å². The lowest BCUT2D eigenvalue weighted by Crippen LogP contribution is -2.31. The number of amides is 1. The molecule has 0 unspecified atom stereocenters. The van der Waals surface area contributed by atoms with Gasteiger partial charge in [-0.1, -0.05) is 18.1 Å². The van der Waals surface area contributed by atoms with Crippen molar-refractivity contribution in [2.75, 3.05) is 6.54 Å². The number of rotatable bonds is 3. The van der Waals surface area contributed by atoms with E-state index in [0.717, 1.165) is 30.7 Å². The minimum absolute atomic E-state index is 0.320. The molecule has 0 bridgehead atoms. The predicted molar refractivity (Wildman–Crippen MR) is 75.3 cm³/mol. The Hall–Kier alpha value is -2.24. The molecule has 1 aromatic heterocycles. The van der Waals surface area contributed by atoms with Crippen molar-refractivity contribution in [3.8, 4) is 0 Å². The number of aryl methyl sites for hydroxylation is 1. The molecular weight excluding hydrogens is 290 g/mol. The number of carbonyl (C=O) groups is 1. The molecule has 4 nitrogen and oxygen atoms in total. The van der Waals surface area contributed by atoms with E-state index in [4.69, 9.17) is 4.52 Å². The van der Waals surface area contributed by atoms with E-state index >= 15 is 0 Å². The third-order valence-electron chi connectivity index (χ3n) is 3.96. The van der Waals surface area contributed by atoms with Crippen LogP contribution in [0.25, 0.3) is 0 Å². The van der Waals surface area contributed by atoms with Gasteiger partial charge in [0.1, 0.15) is 17.2 Å². The van der Waals surface area contributed by atoms with Crippen LogP contribution in [0.2, 0.25) is 0 Å². The molecule has 1 saturated heterocycles. The van der Waals surface area contributed by atoms with Crippen molar-refractivity contribution < 1.29 is 18.1 Å². The van der Waals surface area contributed by atoms with Gasteiger partial charge in [-0.25, -0.2) is 8.78 Å². The lowest BCUT2D eigenvalue weighted by Gasteiger charge is -2.23. The van der Waals surface area contributed by atoms with Crippen LogP contribution in [0.3, 0.4) is 0 Å². The summed E-state index contributed by atoms with van der Waals surface area (Å²) in [5.41, 5.74) is 0.288. The summed E-state index contributed by atoms with van der Waals surface area (Å²) in [4.78, 5) is 14.0. The molecule has 1 aliphatic heterocycles. The molecule has 0 spiro atoms. The minimum Gasteiger partial charge on any atom is -0.359 e. The topological polar surface area (TPSA) is 46.3 Å². The van der Waals surface area contributed by atoms with Gasteiger partial charge >= 0.3 is 0 Å². The average Bonchev–Trinajstić information content (AvgIpc) is 3.15. The number of hydrogen-bond acceptors (Lipinski definition) is 3. The molecule has 2 aromatic rings. The van der Waals surface area contributed by atoms with Crippen LogP contribution in [0, 0.1) is 11.6 Å². The van der Waals surface area contributed by atoms with E-state index < -0.39 is 23.1 Å². The maximum Gasteiger partial charge on any atom is 0.260 e. The van der Waals surface area contributed by atoms with Crippen LogP contribution >= 0.6 is 0 Å². The summed E-state index contributed by atoms with van der Waals surface area (Å²) in [5.74, 6) is -1.77. The lowest BCUT2D eigenvalue weighted by molar-refractivity contribution is 0.0704. The molecule has 6 heteroatoms. The molecule has 1 aliphatic rings. The quantitative estimate of drug-likeness (QED) is 0.872. The summed E-state index contributed by atoms with van der Waals surface area (Å²) in [7, 11) is 0. The maximum absolute atomic E-state index is 13.8. The second-order valence-electron chi connectivity index (χ2n) is 5.33. The zero-order valence-electron chi connectivity index (χ0n) is 12.2. The SMILES string of the molecule is CCc1cc([C@@H]2CCCN2C(=O)c2c(F)cccc2F)on1. The first kappa shape index (κ1) is 14.7. The fourth-order valence-electron chi connectivity index (χ4n) is 2.80. The van der Waals surface area contributed by atoms with Crippen molar-refractivity contribution in [1.82, 2.24) is 10.1 Å². The van der Waals surface area contributed by atoms with E-state index in [1.165, 1.54) is 11.0 Å². The number of carbonyl (C=O) groups excluding carboxylic acids is 1. The highest BCUT2D eigenvalue weighted by Gasteiger charge is 2.35. The highest BCUT2D eigenvalue weighted by Crippen LogP contribution is 2.34. The van der Waals surface area contributed by atoms with Crippen LogP contribution in [0.15, 0.2) is 28.8 Å². The number of aromatic nitrogens is 1. The van der Waals surface area contributed by atoms with Crippen LogP contribution in [-0.2, 0) is 6.42 Å². The number of hydrogen-bond donors (Lipinski definition) is 0. The van der Waals surface area contributed by atoms with Crippen LogP contribution in [0.4, 0.5) is 8.78 Å². The Morgan fingerprint density at radius 3 is 2.77 bits per heavy atom. The maximum atomic E-state index is 13.8. The molecule has 1 aromatic carbocycles. The van der Waals surface area contributed by atoms with Crippen molar-refractivity contribution >= 4 is 5.91 Å². The van der Waals surface area contributed by atoms with Gasteiger partial charge in [-0.15, -0.1) is 0 Å². The molecule has 22 heavy (non-hydrogen) atoms. The van der Waals surface area contributed by atoms with Gasteiger partial charge in [-0.3, -0.25) is 4.79 Å². The van der Waals surface area contributed by atoms with E-state index in [1.807, 2.05) is 6.92 Å². The Morgan fingerprint density at radius 2 is 2.14 bits per heavy atom. The minimum atomic E-state index is -0.845. The highest BCUT2D eigenvalue weighted by molar-refractivity contribution is 5.95. The molecule has 0 aliphatic carbocycles. The molecule has 1 fully saturated rings. The normalized spacial score (nSPS) is 18.0. The predicted octanol–water partition coefficient (Wildman–Crippen LogP) is 3.49. The van der Waals surface area contributed by atoms with E-state index in [2.05, 4.69) is 5.16 Å². The summed E-state index contributed by atoms with van der Waals surface area (Å²) in [6.07, 6.45) is 2.18. The fourth-order valence-corrected chi connectivity index (χ4v) is 2.80. The zero-order valence-corrected chi connectivity index (χ0v) is 12.2. The first-order valence-corrected chi connectivity index (χ1v) is 7.32. The highest BCUT2D eigenvalue weighted by atomic mass is 19.1. The summed E-state index contributed by atoms with van der Waals surface area (Å²) in [6.45, 7) is 2.40. The summed E-state index contributed by atoms with van der Waals surface area (Å²) in [5, 5.41) is 3.92. The first-order valence-electron chi connectivity index (χ1n) is 7.32. The third kappa shape index (κ3) is 2.49. The second kappa shape index (κ2) is 5.87. The van der Waals surface area contributed by atoms with E-state index in [-0.39, 0.29) is 6.04 Å². The summed E-state index contributed by atoms with van der Waals surface area (Å²) >= 11 is 0. The van der Waals surface area contributed by atoms with Crippen molar-refractivity contribution in [3.63, 3.8) is 0 Å². The van der Waals surface area contributed by atoms with Gasteiger partial charge in [-0.05, 0) is 31.4 Å². The van der Waals surface area contributed by atoms with Gasteiger partial charge in [0.05, 0.1) is 11.7 Å². The Labute approximate surface area is 126 Å². The molecule has 1 atom stereocenters. The van der Waals surface area contributed by atoms with Crippen LogP contribution in [0.5, 0.6) is 0 Å². The largest absolute Gasteiger partial charge is 0.359 e. The summed E-state index contributed by atoms with van der Waals surface area (Å²) < 4.78 is 32.9. The molecule has 0 saturated carbocycles. The van der Waals surface area contributed by atoms with E-state index in [1.54, 1.807) is 6.07 Å². The van der Waals surface area contributed by atoms with Crippen molar-refractivity contribution in [2.24, 2.45) is 0 Å². The standard InChI is InChI=1S/C16H16F2N2O2/c1-2-10-9-14(22-19-10)13-7-4-8-20(13)16(21)15-11(17)5-3-6-12(15)18/h3,5-6,9,13H,2,4,7-8H2,1H3/t13-/m0/s1. The molecule has 3 rings (SSSR count). The fraction of sp³-hybridized carbons (Fsp3) is 0.375. The van der Waals surface area contributed by atoms with Gasteiger partial charge in [0.25, 0.3) is 5.91 Å². The summed E-state index contributed by atoms with van der Waals surface area (Å²) in [6, 6.07) is 4.90. The number of benzene rings is 1. The van der Waals surface area contributed by atoms with Crippen LogP contribution in [-0.4, -0.2) is 22.5 Å². The Kier molecular flexibility index (Phi) is 3.92. The van der Waals surface area contributed by atoms with Gasteiger partial charge < -0.3 is 9.42 Å². The molecule has 0 radical (unpaired) electrons. The smallest absolute Gasteiger partial charge is 0.260 e. The number of halogens is 2. The van der Waals surface area contributed by atoms with Crippen LogP contribution < -0.4 is 0 Å². The Morgan fingerprint density at radius 1 is 1.41 bits per heavy atom. The van der Waals surface area contributed by atoms with Gasteiger partial charge in [0, 0.05) is 12.6 Å². The van der Waals surface area contributed by atoms with Crippen molar-refractivity contribution in [1.29, 1.82) is 0 Å². The molecule has 116 valence electrons. The molecular formula is C16H16F2N2O2. The van der Waals surface area contributed by atoms with Crippen molar-refractivity contribution in [2.45, 2.75) is 32.2 Å². The molecule has 2 heterocycles. The van der Waals surface area contributed by atoms with Gasteiger partial charge in [0.15, 0.2) is 5.76 Å². The zero-order chi connectivity index (χ0) is 15.7. The molecule has 1 amide bonds. The molecule has 0 N–H and O–H groups in total. The monoisotopic (exact) mass is 306 g/mol. The van der Waals surface area contributed by atoms with Gasteiger partial charge in [0.2, 0.25) is 0 Å². The second-order valence-corrected chi connectivity index (χ2v) is 5.33. The van der Waals surface area contributed by atoms with E-state index in [0.29, 0.717) is 18.7 Å². The lowest BCUT2D eigenvalue weighted by atomic mass is 10.1. The van der Waals surface area contributed by atoms with Crippen LogP contribution in [0.1, 0.15) is 47.6 Å². The van der Waals surface area contributed by atoms with E-state index in [9.17, 15) is 13.6 Å². The third-order valence-corrected chi connectivity index (χ3v) is 3.96. The Bertz CT molecular complexity index is 679. The average molecular weight is 306 g/mol. The number of nitrogens with zero attached hydrogens (tertiary/aromatic N) is 2. The first-order chi connectivity index (χ1) is 10.6. The number of likely N-dealkylation sites (tertiary alicyclic amines) is 1. The van der Waals surface area contributed by atoms with Crippen molar-refractivity contribution in [3.05, 3.63) is 52.9 Å².